The number of allylic oxidation sites excluding steroid dienone is 1. The van der Waals surface area contributed by atoms with Crippen molar-refractivity contribution in [2.24, 2.45) is 0 Å². The molecule has 1 atom stereocenters. The lowest BCUT2D eigenvalue weighted by Gasteiger charge is -2.45. The van der Waals surface area contributed by atoms with Gasteiger partial charge in [0.05, 0.1) is 6.04 Å². The first-order chi connectivity index (χ1) is 16.3. The van der Waals surface area contributed by atoms with Crippen LogP contribution in [0.15, 0.2) is 59.6 Å². The van der Waals surface area contributed by atoms with Crippen molar-refractivity contribution in [1.82, 2.24) is 10.2 Å². The summed E-state index contributed by atoms with van der Waals surface area (Å²) in [6.45, 7) is -0.0810. The number of piperazine rings is 1. The number of carbonyl (C=O) groups is 2. The molecule has 2 bridgehead atoms. The first-order valence-corrected chi connectivity index (χ1v) is 11.1. The van der Waals surface area contributed by atoms with Gasteiger partial charge in [-0.3, -0.25) is 9.59 Å². The van der Waals surface area contributed by atoms with E-state index in [2.05, 4.69) is 5.32 Å². The van der Waals surface area contributed by atoms with Crippen LogP contribution in [0.3, 0.4) is 0 Å². The molecule has 0 unspecified atom stereocenters. The smallest absolute Gasteiger partial charge is 0.278 e. The van der Waals surface area contributed by atoms with Crippen molar-refractivity contribution in [3.05, 3.63) is 88.2 Å². The van der Waals surface area contributed by atoms with Crippen molar-refractivity contribution in [3.63, 3.8) is 0 Å². The normalized spacial score (nSPS) is 19.7. The lowest BCUT2D eigenvalue weighted by Crippen LogP contribution is -2.55. The lowest BCUT2D eigenvalue weighted by atomic mass is 9.93. The number of halogens is 3. The molecule has 5 rings (SSSR count). The second kappa shape index (κ2) is 8.55. The maximum absolute atomic E-state index is 13.9. The maximum atomic E-state index is 13.9. The van der Waals surface area contributed by atoms with E-state index in [9.17, 15) is 27.9 Å². The number of nitrogens with zero attached hydrogens (tertiary/aromatic N) is 2. The molecule has 34 heavy (non-hydrogen) atoms. The number of hydrogen-bond donors (Lipinski definition) is 2. The minimum atomic E-state index is -1.10. The van der Waals surface area contributed by atoms with Gasteiger partial charge in [0.1, 0.15) is 28.9 Å². The van der Waals surface area contributed by atoms with Gasteiger partial charge in [-0.25, -0.2) is 13.2 Å². The Bertz CT molecular complexity index is 1230. The third-order valence-electron chi connectivity index (χ3n) is 6.51. The summed E-state index contributed by atoms with van der Waals surface area (Å²) in [6.07, 6.45) is 3.76. The van der Waals surface area contributed by atoms with E-state index < -0.39 is 35.5 Å². The van der Waals surface area contributed by atoms with Crippen LogP contribution in [-0.2, 0) is 22.6 Å². The topological polar surface area (TPSA) is 72.9 Å². The zero-order chi connectivity index (χ0) is 24.0. The molecule has 1 saturated heterocycles. The summed E-state index contributed by atoms with van der Waals surface area (Å²) in [5, 5.41) is 13.2. The van der Waals surface area contributed by atoms with Crippen molar-refractivity contribution in [3.8, 4) is 0 Å². The number of aliphatic hydroxyl groups is 1. The van der Waals surface area contributed by atoms with Crippen molar-refractivity contribution in [1.29, 1.82) is 0 Å². The largest absolute Gasteiger partial charge is 0.510 e. The lowest BCUT2D eigenvalue weighted by molar-refractivity contribution is -0.120. The monoisotopic (exact) mass is 469 g/mol. The van der Waals surface area contributed by atoms with Crippen LogP contribution >= 0.6 is 0 Å². The van der Waals surface area contributed by atoms with E-state index in [1.54, 1.807) is 9.80 Å². The highest BCUT2D eigenvalue weighted by Gasteiger charge is 2.41. The summed E-state index contributed by atoms with van der Waals surface area (Å²) < 4.78 is 40.9. The molecule has 6 nitrogen and oxygen atoms in total. The number of fused-ring (bicyclic) bond motifs is 6. The van der Waals surface area contributed by atoms with Crippen molar-refractivity contribution in [2.45, 2.75) is 38.3 Å². The van der Waals surface area contributed by atoms with Gasteiger partial charge in [-0.15, -0.1) is 0 Å². The number of amides is 2. The van der Waals surface area contributed by atoms with Gasteiger partial charge in [-0.05, 0) is 30.9 Å². The number of aryl methyl sites for hydroxylation is 1. The Morgan fingerprint density at radius 2 is 1.88 bits per heavy atom. The molecule has 0 radical (unpaired) electrons. The van der Waals surface area contributed by atoms with Crippen molar-refractivity contribution in [2.75, 3.05) is 11.4 Å². The molecule has 2 aromatic rings. The first kappa shape index (κ1) is 22.1. The van der Waals surface area contributed by atoms with E-state index in [-0.39, 0.29) is 35.4 Å². The Morgan fingerprint density at radius 3 is 2.65 bits per heavy atom. The fourth-order valence-electron chi connectivity index (χ4n) is 4.84. The molecule has 0 spiro atoms. The Hall–Kier alpha value is -3.75. The van der Waals surface area contributed by atoms with E-state index in [1.165, 1.54) is 6.20 Å². The molecule has 9 heteroatoms. The fraction of sp³-hybridized carbons (Fsp3) is 0.280. The molecular weight excluding hydrogens is 447 g/mol. The highest BCUT2D eigenvalue weighted by molar-refractivity contribution is 6.08. The van der Waals surface area contributed by atoms with E-state index in [0.717, 1.165) is 30.5 Å². The molecule has 2 amide bonds. The number of benzene rings is 2. The molecule has 0 saturated carbocycles. The molecule has 1 fully saturated rings. The van der Waals surface area contributed by atoms with E-state index >= 15 is 0 Å². The van der Waals surface area contributed by atoms with Crippen LogP contribution in [0.1, 0.15) is 30.4 Å². The van der Waals surface area contributed by atoms with Gasteiger partial charge in [-0.2, -0.15) is 0 Å². The Kier molecular flexibility index (Phi) is 5.55. The summed E-state index contributed by atoms with van der Waals surface area (Å²) in [7, 11) is 0. The second-order valence-electron chi connectivity index (χ2n) is 8.65. The zero-order valence-electron chi connectivity index (χ0n) is 18.2. The van der Waals surface area contributed by atoms with Crippen molar-refractivity contribution >= 4 is 17.5 Å². The molecule has 3 heterocycles. The fourth-order valence-corrected chi connectivity index (χ4v) is 4.84. The predicted octanol–water partition coefficient (Wildman–Crippen LogP) is 3.83. The van der Waals surface area contributed by atoms with Crippen LogP contribution in [-0.4, -0.2) is 34.4 Å². The summed E-state index contributed by atoms with van der Waals surface area (Å²) in [4.78, 5) is 29.4. The average molecular weight is 469 g/mol. The Labute approximate surface area is 194 Å². The van der Waals surface area contributed by atoms with E-state index in [4.69, 9.17) is 0 Å². The number of rotatable bonds is 3. The van der Waals surface area contributed by atoms with Crippen molar-refractivity contribution < 1.29 is 27.9 Å². The SMILES string of the molecule is O=C(NCc1c(F)cc(F)cc1F)C1=CN2C(=C(O)C1)C(=O)N1C[C@@H]2CCCc2ccccc21. The number of para-hydroxylation sites is 1. The number of nitrogens with one attached hydrogen (secondary N) is 1. The molecule has 3 aliphatic rings. The Morgan fingerprint density at radius 1 is 1.15 bits per heavy atom. The van der Waals surface area contributed by atoms with Gasteiger partial charge in [0.2, 0.25) is 5.91 Å². The third kappa shape index (κ3) is 3.81. The molecule has 0 aliphatic carbocycles. The van der Waals surface area contributed by atoms with Crippen LogP contribution in [0.5, 0.6) is 0 Å². The number of aliphatic hydroxyl groups excluding tert-OH is 1. The number of carbonyl (C=O) groups excluding carboxylic acids is 2. The molecule has 176 valence electrons. The van der Waals surface area contributed by atoms with Gasteiger partial charge in [0.15, 0.2) is 0 Å². The standard InChI is InChI=1S/C25H22F3N3O3/c26-16-9-19(27)18(20(28)10-16)11-29-24(33)15-8-22(32)23-25(34)31-13-17(30(23)12-15)6-3-5-14-4-1-2-7-21(14)31/h1-2,4,7,9-10,12,17,32H,3,5-6,8,11,13H2,(H,29,33)/t17-/m0/s1. The van der Waals surface area contributed by atoms with E-state index in [0.29, 0.717) is 18.7 Å². The first-order valence-electron chi connectivity index (χ1n) is 11.1. The van der Waals surface area contributed by atoms with Gasteiger partial charge < -0.3 is 20.2 Å². The van der Waals surface area contributed by atoms with Gasteiger partial charge >= 0.3 is 0 Å². The minimum Gasteiger partial charge on any atom is -0.510 e. The van der Waals surface area contributed by atoms with Crippen LogP contribution in [0.4, 0.5) is 18.9 Å². The summed E-state index contributed by atoms with van der Waals surface area (Å²) in [5.41, 5.74) is 1.74. The molecule has 2 N–H and O–H groups in total. The van der Waals surface area contributed by atoms with Crippen LogP contribution in [0.25, 0.3) is 0 Å². The second-order valence-corrected chi connectivity index (χ2v) is 8.65. The summed E-state index contributed by atoms with van der Waals surface area (Å²) >= 11 is 0. The Balaban J connectivity index is 1.39. The molecule has 0 aromatic heterocycles. The predicted molar refractivity (Wildman–Crippen MR) is 118 cm³/mol. The highest BCUT2D eigenvalue weighted by Crippen LogP contribution is 2.37. The summed E-state index contributed by atoms with van der Waals surface area (Å²) in [5.74, 6) is -4.46. The summed E-state index contributed by atoms with van der Waals surface area (Å²) in [6, 6.07) is 8.66. The minimum absolute atomic E-state index is 0.139. The zero-order valence-corrected chi connectivity index (χ0v) is 18.2. The van der Waals surface area contributed by atoms with Crippen LogP contribution in [0, 0.1) is 17.5 Å². The molecule has 3 aliphatic heterocycles. The van der Waals surface area contributed by atoms with Gasteiger partial charge in [0, 0.05) is 54.7 Å². The maximum Gasteiger partial charge on any atom is 0.278 e. The molecule has 2 aromatic carbocycles. The van der Waals surface area contributed by atoms with Crippen LogP contribution < -0.4 is 10.2 Å². The number of anilines is 1. The van der Waals surface area contributed by atoms with Gasteiger partial charge in [-0.1, -0.05) is 18.2 Å². The highest BCUT2D eigenvalue weighted by atomic mass is 19.1. The van der Waals surface area contributed by atoms with E-state index in [1.807, 2.05) is 24.3 Å². The quantitative estimate of drug-likeness (QED) is 0.717. The van der Waals surface area contributed by atoms with Gasteiger partial charge in [0.25, 0.3) is 5.91 Å². The van der Waals surface area contributed by atoms with Crippen LogP contribution in [0.2, 0.25) is 0 Å². The third-order valence-corrected chi connectivity index (χ3v) is 6.51. The molecular formula is C25H22F3N3O3. The number of hydrogen-bond acceptors (Lipinski definition) is 4. The average Bonchev–Trinajstić information content (AvgIpc) is 2.78.